The third-order valence-electron chi connectivity index (χ3n) is 6.51. The molecule has 0 aliphatic rings. The fourth-order valence-corrected chi connectivity index (χ4v) is 4.50. The largest absolute Gasteiger partial charge is 0.321 e. The van der Waals surface area contributed by atoms with E-state index in [1.165, 1.54) is 16.7 Å². The molecule has 0 spiro atoms. The number of H-pyrrole nitrogens is 1. The Bertz CT molecular complexity index is 1500. The van der Waals surface area contributed by atoms with E-state index in [2.05, 4.69) is 68.7 Å². The van der Waals surface area contributed by atoms with Gasteiger partial charge in [0.05, 0.1) is 12.1 Å². The Balaban J connectivity index is 1.40. The van der Waals surface area contributed by atoms with E-state index in [0.717, 1.165) is 34.3 Å². The highest BCUT2D eigenvalue weighted by molar-refractivity contribution is 5.81. The second kappa shape index (κ2) is 10.7. The molecule has 5 aromatic rings. The maximum atomic E-state index is 13.0. The first kappa shape index (κ1) is 23.6. The summed E-state index contributed by atoms with van der Waals surface area (Å²) in [5, 5.41) is 13.5. The van der Waals surface area contributed by atoms with Crippen LogP contribution in [0.15, 0.2) is 83.7 Å². The number of aromatic nitrogens is 5. The highest BCUT2D eigenvalue weighted by atomic mass is 16.1. The van der Waals surface area contributed by atoms with Crippen molar-refractivity contribution in [2.24, 2.45) is 0 Å². The molecule has 0 saturated carbocycles. The van der Waals surface area contributed by atoms with Gasteiger partial charge in [0, 0.05) is 25.2 Å². The number of rotatable bonds is 9. The highest BCUT2D eigenvalue weighted by Gasteiger charge is 2.16. The number of aryl methyl sites for hydroxylation is 4. The van der Waals surface area contributed by atoms with Crippen molar-refractivity contribution in [2.75, 3.05) is 0 Å². The van der Waals surface area contributed by atoms with Crippen molar-refractivity contribution in [3.8, 4) is 0 Å². The van der Waals surface area contributed by atoms with Gasteiger partial charge in [-0.15, -0.1) is 5.10 Å². The number of nitrogens with one attached hydrogen (secondary N) is 1. The van der Waals surface area contributed by atoms with Crippen LogP contribution in [-0.2, 0) is 32.6 Å². The van der Waals surface area contributed by atoms with Crippen LogP contribution in [0.2, 0.25) is 0 Å². The molecule has 0 aliphatic carbocycles. The molecule has 0 unspecified atom stereocenters. The van der Waals surface area contributed by atoms with Gasteiger partial charge in [0.1, 0.15) is 0 Å². The summed E-state index contributed by atoms with van der Waals surface area (Å²) in [6.45, 7) is 6.48. The minimum atomic E-state index is -0.0608. The third kappa shape index (κ3) is 5.58. The zero-order chi connectivity index (χ0) is 24.9. The average molecular weight is 479 g/mol. The molecule has 0 bridgehead atoms. The van der Waals surface area contributed by atoms with Gasteiger partial charge in [-0.3, -0.25) is 9.69 Å². The van der Waals surface area contributed by atoms with Gasteiger partial charge in [0.25, 0.3) is 5.56 Å². The molecule has 0 radical (unpaired) electrons. The lowest BCUT2D eigenvalue weighted by molar-refractivity contribution is 0.235. The third-order valence-corrected chi connectivity index (χ3v) is 6.51. The van der Waals surface area contributed by atoms with E-state index in [1.54, 1.807) is 0 Å². The van der Waals surface area contributed by atoms with Crippen LogP contribution in [0.5, 0.6) is 0 Å². The van der Waals surface area contributed by atoms with Crippen LogP contribution >= 0.6 is 0 Å². The molecule has 7 nitrogen and oxygen atoms in total. The molecule has 0 saturated heterocycles. The lowest BCUT2D eigenvalue weighted by Gasteiger charge is -2.22. The van der Waals surface area contributed by atoms with Gasteiger partial charge >= 0.3 is 0 Å². The summed E-state index contributed by atoms with van der Waals surface area (Å²) < 4.78 is 1.86. The number of nitrogens with zero attached hydrogens (tertiary/aromatic N) is 5. The number of tetrazole rings is 1. The summed E-state index contributed by atoms with van der Waals surface area (Å²) in [7, 11) is 0. The topological polar surface area (TPSA) is 79.7 Å². The Labute approximate surface area is 210 Å². The smallest absolute Gasteiger partial charge is 0.252 e. The van der Waals surface area contributed by atoms with E-state index in [1.807, 2.05) is 54.1 Å². The zero-order valence-electron chi connectivity index (χ0n) is 20.7. The molecule has 3 aromatic carbocycles. The first-order chi connectivity index (χ1) is 17.5. The van der Waals surface area contributed by atoms with Crippen molar-refractivity contribution < 1.29 is 0 Å². The molecular weight excluding hydrogens is 448 g/mol. The van der Waals surface area contributed by atoms with Crippen LogP contribution in [0.3, 0.4) is 0 Å². The maximum Gasteiger partial charge on any atom is 0.252 e. The molecule has 1 N–H and O–H groups in total. The maximum absolute atomic E-state index is 13.0. The summed E-state index contributed by atoms with van der Waals surface area (Å²) in [5.41, 5.74) is 6.26. The normalized spacial score (nSPS) is 11.4. The van der Waals surface area contributed by atoms with Gasteiger partial charge in [-0.2, -0.15) is 0 Å². The van der Waals surface area contributed by atoms with Crippen molar-refractivity contribution in [1.82, 2.24) is 30.1 Å². The fraction of sp³-hybridized carbons (Fsp3) is 0.241. The summed E-state index contributed by atoms with van der Waals surface area (Å²) in [5.74, 6) is 0.783. The minimum Gasteiger partial charge on any atom is -0.321 e. The number of hydrogen-bond acceptors (Lipinski definition) is 5. The van der Waals surface area contributed by atoms with Crippen LogP contribution in [0, 0.1) is 13.8 Å². The first-order valence-electron chi connectivity index (χ1n) is 12.2. The molecular formula is C29H30N6O. The molecule has 182 valence electrons. The monoisotopic (exact) mass is 478 g/mol. The predicted octanol–water partition coefficient (Wildman–Crippen LogP) is 4.58. The second-order valence-electron chi connectivity index (χ2n) is 9.35. The molecule has 0 amide bonds. The lowest BCUT2D eigenvalue weighted by Crippen LogP contribution is -2.28. The van der Waals surface area contributed by atoms with Crippen molar-refractivity contribution in [3.05, 3.63) is 123 Å². The lowest BCUT2D eigenvalue weighted by atomic mass is 10.1. The van der Waals surface area contributed by atoms with Crippen LogP contribution < -0.4 is 5.56 Å². The van der Waals surface area contributed by atoms with E-state index in [-0.39, 0.29) is 5.56 Å². The Morgan fingerprint density at radius 1 is 0.861 bits per heavy atom. The van der Waals surface area contributed by atoms with Crippen molar-refractivity contribution in [2.45, 2.75) is 46.4 Å². The Morgan fingerprint density at radius 3 is 2.47 bits per heavy atom. The zero-order valence-corrected chi connectivity index (χ0v) is 20.7. The summed E-state index contributed by atoms with van der Waals surface area (Å²) >= 11 is 0. The highest BCUT2D eigenvalue weighted by Crippen LogP contribution is 2.18. The fourth-order valence-electron chi connectivity index (χ4n) is 4.50. The van der Waals surface area contributed by atoms with E-state index in [9.17, 15) is 4.79 Å². The second-order valence-corrected chi connectivity index (χ2v) is 9.35. The Kier molecular flexibility index (Phi) is 7.00. The number of para-hydroxylation sites is 1. The van der Waals surface area contributed by atoms with Crippen LogP contribution in [0.25, 0.3) is 10.9 Å². The van der Waals surface area contributed by atoms with E-state index < -0.39 is 0 Å². The molecule has 36 heavy (non-hydrogen) atoms. The molecule has 2 heterocycles. The van der Waals surface area contributed by atoms with Gasteiger partial charge in [-0.25, -0.2) is 4.68 Å². The standard InChI is InChI=1S/C29H30N6O/c1-21-11-13-24(14-12-21)18-34(19-26-17-25-10-6-7-22(2)28(25)30-29(26)36)20-27-31-32-33-35(27)16-15-23-8-4-3-5-9-23/h3-14,17H,15-16,18-20H2,1-2H3,(H,30,36). The number of aromatic amines is 1. The van der Waals surface area contributed by atoms with Gasteiger partial charge in [-0.1, -0.05) is 78.4 Å². The predicted molar refractivity (Wildman–Crippen MR) is 141 cm³/mol. The summed E-state index contributed by atoms with van der Waals surface area (Å²) in [6.07, 6.45) is 0.848. The van der Waals surface area contributed by atoms with Crippen LogP contribution in [0.1, 0.15) is 33.6 Å². The number of pyridine rings is 1. The number of hydrogen-bond donors (Lipinski definition) is 1. The molecule has 0 aliphatic heterocycles. The molecule has 7 heteroatoms. The average Bonchev–Trinajstić information content (AvgIpc) is 3.32. The van der Waals surface area contributed by atoms with E-state index >= 15 is 0 Å². The Hall–Kier alpha value is -4.10. The molecule has 0 fully saturated rings. The van der Waals surface area contributed by atoms with Gasteiger partial charge in [0.15, 0.2) is 5.82 Å². The van der Waals surface area contributed by atoms with Crippen molar-refractivity contribution in [3.63, 3.8) is 0 Å². The van der Waals surface area contributed by atoms with Gasteiger partial charge in [0.2, 0.25) is 0 Å². The van der Waals surface area contributed by atoms with E-state index in [4.69, 9.17) is 0 Å². The van der Waals surface area contributed by atoms with Gasteiger partial charge in [-0.05, 0) is 58.8 Å². The van der Waals surface area contributed by atoms with Crippen LogP contribution in [-0.4, -0.2) is 30.1 Å². The quantitative estimate of drug-likeness (QED) is 0.336. The van der Waals surface area contributed by atoms with Crippen LogP contribution in [0.4, 0.5) is 0 Å². The summed E-state index contributed by atoms with van der Waals surface area (Å²) in [6, 6.07) is 26.9. The molecule has 0 atom stereocenters. The summed E-state index contributed by atoms with van der Waals surface area (Å²) in [4.78, 5) is 18.3. The first-order valence-corrected chi connectivity index (χ1v) is 12.2. The van der Waals surface area contributed by atoms with E-state index in [0.29, 0.717) is 26.2 Å². The van der Waals surface area contributed by atoms with Crippen molar-refractivity contribution >= 4 is 10.9 Å². The Morgan fingerprint density at radius 2 is 1.67 bits per heavy atom. The molecule has 2 aromatic heterocycles. The SMILES string of the molecule is Cc1ccc(CN(Cc2cc3cccc(C)c3[nH]c2=O)Cc2nnnn2CCc2ccccc2)cc1. The minimum absolute atomic E-state index is 0.0608. The van der Waals surface area contributed by atoms with Gasteiger partial charge < -0.3 is 4.98 Å². The molecule has 5 rings (SSSR count). The number of fused-ring (bicyclic) bond motifs is 1. The van der Waals surface area contributed by atoms with Crippen molar-refractivity contribution in [1.29, 1.82) is 0 Å². The number of benzene rings is 3.